The normalized spacial score (nSPS) is 10.7. The predicted molar refractivity (Wildman–Crippen MR) is 58.4 cm³/mol. The Hall–Kier alpha value is -1.68. The number of aryl methyl sites for hydroxylation is 1. The lowest BCUT2D eigenvalue weighted by molar-refractivity contribution is 0.0691. The summed E-state index contributed by atoms with van der Waals surface area (Å²) in [6, 6.07) is 3.98. The SMILES string of the molecule is Cc1cc2c(Cl)cc(C(=O)O)nc2cc1F. The van der Waals surface area contributed by atoms with Crippen LogP contribution in [0.4, 0.5) is 4.39 Å². The van der Waals surface area contributed by atoms with E-state index in [0.717, 1.165) is 0 Å². The van der Waals surface area contributed by atoms with Crippen LogP contribution in [0.3, 0.4) is 0 Å². The van der Waals surface area contributed by atoms with E-state index in [2.05, 4.69) is 4.98 Å². The van der Waals surface area contributed by atoms with E-state index in [4.69, 9.17) is 16.7 Å². The standard InChI is InChI=1S/C11H7ClFNO2/c1-5-2-6-7(12)3-10(11(15)16)14-9(6)4-8(5)13/h2-4H,1H3,(H,15,16). The van der Waals surface area contributed by atoms with E-state index in [1.807, 2.05) is 0 Å². The molecule has 0 aliphatic rings. The maximum absolute atomic E-state index is 13.3. The second-order valence-electron chi connectivity index (χ2n) is 3.41. The van der Waals surface area contributed by atoms with Gasteiger partial charge in [-0.05, 0) is 24.6 Å². The summed E-state index contributed by atoms with van der Waals surface area (Å²) >= 11 is 5.90. The number of carboxylic acid groups (broad SMARTS) is 1. The summed E-state index contributed by atoms with van der Waals surface area (Å²) < 4.78 is 13.3. The fraction of sp³-hybridized carbons (Fsp3) is 0.0909. The molecule has 16 heavy (non-hydrogen) atoms. The second-order valence-corrected chi connectivity index (χ2v) is 3.82. The summed E-state index contributed by atoms with van der Waals surface area (Å²) in [6.07, 6.45) is 0. The number of aromatic carboxylic acids is 1. The first kappa shape index (κ1) is 10.8. The second kappa shape index (κ2) is 3.72. The zero-order valence-electron chi connectivity index (χ0n) is 8.29. The van der Waals surface area contributed by atoms with Gasteiger partial charge in [0, 0.05) is 11.5 Å². The summed E-state index contributed by atoms with van der Waals surface area (Å²) in [5, 5.41) is 9.58. The molecule has 2 rings (SSSR count). The maximum atomic E-state index is 13.3. The number of rotatable bonds is 1. The van der Waals surface area contributed by atoms with Gasteiger partial charge in [-0.1, -0.05) is 11.6 Å². The quantitative estimate of drug-likeness (QED) is 0.832. The number of fused-ring (bicyclic) bond motifs is 1. The molecule has 0 radical (unpaired) electrons. The molecular weight excluding hydrogens is 233 g/mol. The molecule has 1 N–H and O–H groups in total. The van der Waals surface area contributed by atoms with Gasteiger partial charge in [-0.2, -0.15) is 0 Å². The van der Waals surface area contributed by atoms with Crippen molar-refractivity contribution in [1.82, 2.24) is 4.98 Å². The van der Waals surface area contributed by atoms with Gasteiger partial charge in [0.1, 0.15) is 11.5 Å². The third-order valence-electron chi connectivity index (χ3n) is 2.26. The van der Waals surface area contributed by atoms with Gasteiger partial charge < -0.3 is 5.11 Å². The van der Waals surface area contributed by atoms with Crippen LogP contribution >= 0.6 is 11.6 Å². The summed E-state index contributed by atoms with van der Waals surface area (Å²) in [7, 11) is 0. The van der Waals surface area contributed by atoms with Crippen LogP contribution in [0.1, 0.15) is 16.1 Å². The van der Waals surface area contributed by atoms with Crippen molar-refractivity contribution >= 4 is 28.5 Å². The Morgan fingerprint density at radius 2 is 2.12 bits per heavy atom. The van der Waals surface area contributed by atoms with Crippen molar-refractivity contribution in [1.29, 1.82) is 0 Å². The molecule has 0 saturated heterocycles. The Kier molecular flexibility index (Phi) is 2.52. The Balaban J connectivity index is 2.82. The van der Waals surface area contributed by atoms with Crippen LogP contribution < -0.4 is 0 Å². The molecule has 0 bridgehead atoms. The van der Waals surface area contributed by atoms with Crippen molar-refractivity contribution in [2.45, 2.75) is 6.92 Å². The number of hydrogen-bond donors (Lipinski definition) is 1. The number of carboxylic acids is 1. The number of carbonyl (C=O) groups is 1. The highest BCUT2D eigenvalue weighted by Crippen LogP contribution is 2.25. The fourth-order valence-corrected chi connectivity index (χ4v) is 1.68. The van der Waals surface area contributed by atoms with E-state index in [0.29, 0.717) is 10.9 Å². The number of nitrogens with zero attached hydrogens (tertiary/aromatic N) is 1. The molecule has 0 aliphatic heterocycles. The molecule has 0 amide bonds. The van der Waals surface area contributed by atoms with Gasteiger partial charge >= 0.3 is 5.97 Å². The summed E-state index contributed by atoms with van der Waals surface area (Å²) in [6.45, 7) is 1.61. The minimum Gasteiger partial charge on any atom is -0.477 e. The summed E-state index contributed by atoms with van der Waals surface area (Å²) in [5.74, 6) is -1.62. The molecule has 0 spiro atoms. The zero-order chi connectivity index (χ0) is 11.9. The molecule has 0 atom stereocenters. The van der Waals surface area contributed by atoms with E-state index in [1.54, 1.807) is 13.0 Å². The molecule has 1 heterocycles. The highest BCUT2D eigenvalue weighted by molar-refractivity contribution is 6.35. The van der Waals surface area contributed by atoms with E-state index in [-0.39, 0.29) is 16.2 Å². The van der Waals surface area contributed by atoms with Crippen LogP contribution in [0, 0.1) is 12.7 Å². The smallest absolute Gasteiger partial charge is 0.354 e. The van der Waals surface area contributed by atoms with Crippen molar-refractivity contribution in [2.24, 2.45) is 0 Å². The van der Waals surface area contributed by atoms with Crippen molar-refractivity contribution in [3.05, 3.63) is 40.3 Å². The molecule has 0 aliphatic carbocycles. The van der Waals surface area contributed by atoms with Gasteiger partial charge in [-0.15, -0.1) is 0 Å². The Bertz CT molecular complexity index is 598. The molecule has 5 heteroatoms. The first-order valence-corrected chi connectivity index (χ1v) is 4.86. The van der Waals surface area contributed by atoms with Gasteiger partial charge in [0.2, 0.25) is 0 Å². The van der Waals surface area contributed by atoms with E-state index in [1.165, 1.54) is 12.1 Å². The molecule has 82 valence electrons. The van der Waals surface area contributed by atoms with Crippen molar-refractivity contribution < 1.29 is 14.3 Å². The third-order valence-corrected chi connectivity index (χ3v) is 2.57. The monoisotopic (exact) mass is 239 g/mol. The van der Waals surface area contributed by atoms with Crippen LogP contribution in [-0.4, -0.2) is 16.1 Å². The van der Waals surface area contributed by atoms with Gasteiger partial charge in [-0.25, -0.2) is 14.2 Å². The van der Waals surface area contributed by atoms with E-state index >= 15 is 0 Å². The van der Waals surface area contributed by atoms with Crippen LogP contribution in [0.5, 0.6) is 0 Å². The lowest BCUT2D eigenvalue weighted by Gasteiger charge is -2.04. The van der Waals surface area contributed by atoms with Gasteiger partial charge in [0.05, 0.1) is 10.5 Å². The third kappa shape index (κ3) is 1.72. The minimum absolute atomic E-state index is 0.194. The van der Waals surface area contributed by atoms with E-state index < -0.39 is 11.8 Å². The molecule has 2 aromatic rings. The van der Waals surface area contributed by atoms with Crippen molar-refractivity contribution in [3.8, 4) is 0 Å². The van der Waals surface area contributed by atoms with Crippen LogP contribution in [0.25, 0.3) is 10.9 Å². The Labute approximate surface area is 95.5 Å². The predicted octanol–water partition coefficient (Wildman–Crippen LogP) is 3.03. The van der Waals surface area contributed by atoms with Crippen molar-refractivity contribution in [2.75, 3.05) is 0 Å². The van der Waals surface area contributed by atoms with Gasteiger partial charge in [0.15, 0.2) is 0 Å². The van der Waals surface area contributed by atoms with Crippen LogP contribution in [0.2, 0.25) is 5.02 Å². The molecule has 1 aromatic carbocycles. The Morgan fingerprint density at radius 1 is 1.44 bits per heavy atom. The van der Waals surface area contributed by atoms with E-state index in [9.17, 15) is 9.18 Å². The first-order chi connectivity index (χ1) is 7.49. The molecule has 1 aromatic heterocycles. The molecule has 0 saturated carbocycles. The highest BCUT2D eigenvalue weighted by atomic mass is 35.5. The minimum atomic E-state index is -1.19. The van der Waals surface area contributed by atoms with Gasteiger partial charge in [-0.3, -0.25) is 0 Å². The van der Waals surface area contributed by atoms with Gasteiger partial charge in [0.25, 0.3) is 0 Å². The molecular formula is C11H7ClFNO2. The fourth-order valence-electron chi connectivity index (χ4n) is 1.42. The van der Waals surface area contributed by atoms with Crippen LogP contribution in [-0.2, 0) is 0 Å². The average Bonchev–Trinajstić information content (AvgIpc) is 2.20. The maximum Gasteiger partial charge on any atom is 0.354 e. The lowest BCUT2D eigenvalue weighted by Crippen LogP contribution is -2.00. The zero-order valence-corrected chi connectivity index (χ0v) is 9.05. The first-order valence-electron chi connectivity index (χ1n) is 4.48. The molecule has 3 nitrogen and oxygen atoms in total. The van der Waals surface area contributed by atoms with Crippen LogP contribution in [0.15, 0.2) is 18.2 Å². The number of aromatic nitrogens is 1. The number of benzene rings is 1. The number of halogens is 2. The molecule has 0 fully saturated rings. The largest absolute Gasteiger partial charge is 0.477 e. The molecule has 0 unspecified atom stereocenters. The Morgan fingerprint density at radius 3 is 2.75 bits per heavy atom. The lowest BCUT2D eigenvalue weighted by atomic mass is 10.1. The number of pyridine rings is 1. The summed E-state index contributed by atoms with van der Waals surface area (Å²) in [4.78, 5) is 14.5. The average molecular weight is 240 g/mol. The highest BCUT2D eigenvalue weighted by Gasteiger charge is 2.11. The topological polar surface area (TPSA) is 50.2 Å². The van der Waals surface area contributed by atoms with Crippen molar-refractivity contribution in [3.63, 3.8) is 0 Å². The summed E-state index contributed by atoms with van der Waals surface area (Å²) in [5.41, 5.74) is 0.494. The number of hydrogen-bond acceptors (Lipinski definition) is 2.